The average Bonchev–Trinajstić information content (AvgIpc) is 2.84. The second-order valence-corrected chi connectivity index (χ2v) is 8.97. The van der Waals surface area contributed by atoms with Crippen LogP contribution in [0.3, 0.4) is 0 Å². The molecule has 1 aromatic carbocycles. The molecule has 9 nitrogen and oxygen atoms in total. The van der Waals surface area contributed by atoms with Crippen LogP contribution in [0, 0.1) is 12.7 Å². The molecule has 0 bridgehead atoms. The van der Waals surface area contributed by atoms with E-state index in [9.17, 15) is 9.18 Å². The second kappa shape index (κ2) is 9.14. The molecule has 2 aromatic heterocycles. The Labute approximate surface area is 201 Å². The molecule has 0 aliphatic carbocycles. The molecule has 0 spiro atoms. The van der Waals surface area contributed by atoms with Crippen LogP contribution in [0.2, 0.25) is 0 Å². The Kier molecular flexibility index (Phi) is 6.01. The average molecular weight is 484 g/mol. The molecule has 2 atom stereocenters. The maximum Gasteiger partial charge on any atom is 0.320 e. The van der Waals surface area contributed by atoms with E-state index in [2.05, 4.69) is 25.9 Å². The van der Waals surface area contributed by atoms with Gasteiger partial charge in [-0.3, -0.25) is 5.32 Å². The summed E-state index contributed by atoms with van der Waals surface area (Å²) < 4.78 is 35.1. The van der Waals surface area contributed by atoms with Gasteiger partial charge in [-0.2, -0.15) is 0 Å². The number of halogens is 2. The third-order valence-electron chi connectivity index (χ3n) is 6.54. The number of hydrogen-bond acceptors (Lipinski definition) is 7. The molecule has 11 heteroatoms. The minimum absolute atomic E-state index is 0.0473. The van der Waals surface area contributed by atoms with Gasteiger partial charge in [-0.05, 0) is 43.5 Å². The van der Waals surface area contributed by atoms with E-state index < -0.39 is 24.1 Å². The van der Waals surface area contributed by atoms with Gasteiger partial charge in [0.1, 0.15) is 24.3 Å². The van der Waals surface area contributed by atoms with Gasteiger partial charge in [0.05, 0.1) is 11.7 Å². The van der Waals surface area contributed by atoms with Crippen LogP contribution in [0.15, 0.2) is 24.5 Å². The summed E-state index contributed by atoms with van der Waals surface area (Å²) in [4.78, 5) is 22.9. The van der Waals surface area contributed by atoms with E-state index in [1.807, 2.05) is 18.9 Å². The molecule has 0 unspecified atom stereocenters. The zero-order valence-corrected chi connectivity index (χ0v) is 19.5. The first-order valence-electron chi connectivity index (χ1n) is 11.5. The predicted molar refractivity (Wildman–Crippen MR) is 131 cm³/mol. The van der Waals surface area contributed by atoms with Crippen LogP contribution in [0.25, 0.3) is 21.9 Å². The first kappa shape index (κ1) is 23.0. The Morgan fingerprint density at radius 3 is 2.91 bits per heavy atom. The van der Waals surface area contributed by atoms with Gasteiger partial charge >= 0.3 is 6.03 Å². The molecule has 184 valence electrons. The molecule has 1 saturated heterocycles. The van der Waals surface area contributed by atoms with E-state index in [-0.39, 0.29) is 23.6 Å². The lowest BCUT2D eigenvalue weighted by Gasteiger charge is -2.32. The fourth-order valence-corrected chi connectivity index (χ4v) is 4.59. The van der Waals surface area contributed by atoms with E-state index in [0.717, 1.165) is 11.3 Å². The Hall–Kier alpha value is -3.73. The van der Waals surface area contributed by atoms with E-state index in [0.29, 0.717) is 48.3 Å². The largest absolute Gasteiger partial charge is 0.474 e. The number of benzene rings is 1. The third-order valence-corrected chi connectivity index (χ3v) is 6.54. The minimum atomic E-state index is -1.15. The topological polar surface area (TPSA) is 117 Å². The number of hydrogen-bond donors (Lipinski definition) is 4. The Morgan fingerprint density at radius 2 is 2.11 bits per heavy atom. The highest BCUT2D eigenvalue weighted by Crippen LogP contribution is 2.39. The van der Waals surface area contributed by atoms with Crippen LogP contribution in [-0.4, -0.2) is 66.4 Å². The highest BCUT2D eigenvalue weighted by molar-refractivity contribution is 6.00. The molecular formula is C24H27F2N7O2. The Balaban J connectivity index is 1.43. The van der Waals surface area contributed by atoms with Gasteiger partial charge in [-0.1, -0.05) is 0 Å². The number of anilines is 3. The molecule has 5 rings (SSSR count). The summed E-state index contributed by atoms with van der Waals surface area (Å²) in [6.07, 6.45) is 2.34. The molecule has 3 aromatic rings. The number of aromatic nitrogens is 2. The van der Waals surface area contributed by atoms with Gasteiger partial charge in [0.2, 0.25) is 5.88 Å². The Bertz CT molecular complexity index is 1300. The fourth-order valence-electron chi connectivity index (χ4n) is 4.59. The molecule has 35 heavy (non-hydrogen) atoms. The van der Waals surface area contributed by atoms with E-state index in [4.69, 9.17) is 10.5 Å². The molecule has 2 aliphatic heterocycles. The zero-order valence-electron chi connectivity index (χ0n) is 19.5. The number of carbonyl (C=O) groups excluding carboxylic acids is 1. The number of pyridine rings is 2. The number of amides is 2. The number of ether oxygens (including phenoxy) is 1. The van der Waals surface area contributed by atoms with Crippen molar-refractivity contribution in [2.45, 2.75) is 25.6 Å². The number of piperidine rings is 1. The molecule has 5 N–H and O–H groups in total. The van der Waals surface area contributed by atoms with Crippen LogP contribution in [-0.2, 0) is 0 Å². The highest BCUT2D eigenvalue weighted by atomic mass is 19.1. The van der Waals surface area contributed by atoms with Gasteiger partial charge in [0, 0.05) is 48.5 Å². The van der Waals surface area contributed by atoms with Crippen molar-refractivity contribution in [1.29, 1.82) is 0 Å². The number of nitrogen functional groups attached to an aromatic ring is 1. The van der Waals surface area contributed by atoms with Gasteiger partial charge < -0.3 is 26.0 Å². The molecule has 1 fully saturated rings. The summed E-state index contributed by atoms with van der Waals surface area (Å²) in [5.74, 6) is 0.148. The fraction of sp³-hybridized carbons (Fsp3) is 0.375. The predicted octanol–water partition coefficient (Wildman–Crippen LogP) is 3.29. The first-order valence-corrected chi connectivity index (χ1v) is 11.5. The number of fused-ring (bicyclic) bond motifs is 2. The van der Waals surface area contributed by atoms with Crippen molar-refractivity contribution >= 4 is 34.0 Å². The summed E-state index contributed by atoms with van der Waals surface area (Å²) in [5, 5.41) is 9.58. The number of urea groups is 1. The van der Waals surface area contributed by atoms with Crippen molar-refractivity contribution in [2.24, 2.45) is 0 Å². The van der Waals surface area contributed by atoms with Crippen molar-refractivity contribution in [3.8, 4) is 17.0 Å². The van der Waals surface area contributed by atoms with Gasteiger partial charge in [-0.25, -0.2) is 23.5 Å². The number of alkyl halides is 1. The molecule has 2 amide bonds. The summed E-state index contributed by atoms with van der Waals surface area (Å²) >= 11 is 0. The lowest BCUT2D eigenvalue weighted by atomic mass is 9.97. The van der Waals surface area contributed by atoms with Crippen molar-refractivity contribution in [3.63, 3.8) is 0 Å². The number of likely N-dealkylation sites (tertiary alicyclic amines) is 1. The minimum Gasteiger partial charge on any atom is -0.474 e. The number of carbonyl (C=O) groups is 1. The van der Waals surface area contributed by atoms with Crippen molar-refractivity contribution in [2.75, 3.05) is 49.7 Å². The van der Waals surface area contributed by atoms with Crippen molar-refractivity contribution < 1.29 is 18.3 Å². The van der Waals surface area contributed by atoms with E-state index in [1.54, 1.807) is 18.3 Å². The van der Waals surface area contributed by atoms with Gasteiger partial charge in [-0.15, -0.1) is 0 Å². The van der Waals surface area contributed by atoms with E-state index in [1.165, 1.54) is 6.20 Å². The molecule has 2 aliphatic rings. The van der Waals surface area contributed by atoms with Crippen LogP contribution < -0.4 is 26.4 Å². The Morgan fingerprint density at radius 1 is 1.29 bits per heavy atom. The number of nitrogens with zero attached hydrogens (tertiary/aromatic N) is 3. The molecule has 0 saturated carbocycles. The monoisotopic (exact) mass is 483 g/mol. The lowest BCUT2D eigenvalue weighted by Crippen LogP contribution is -2.52. The maximum absolute atomic E-state index is 15.3. The van der Waals surface area contributed by atoms with Gasteiger partial charge in [0.25, 0.3) is 0 Å². The summed E-state index contributed by atoms with van der Waals surface area (Å²) in [7, 11) is 1.84. The standard InChI is InChI=1S/C24H27F2N7O2/c1-12-15(9-30-23-22(12)28-4-6-35-23)14-7-13-8-19(29-10-16(13)21(27)20(14)26)32-24(34)31-18-3-5-33(2)11-17(18)25/h7-10,17-18,28H,3-6,11,27H2,1-2H3,(H2,29,31,32,34)/t17-,18-/m0/s1. The highest BCUT2D eigenvalue weighted by Gasteiger charge is 2.29. The second-order valence-electron chi connectivity index (χ2n) is 8.97. The molecule has 4 heterocycles. The van der Waals surface area contributed by atoms with E-state index >= 15 is 4.39 Å². The summed E-state index contributed by atoms with van der Waals surface area (Å²) in [6, 6.07) is 2.14. The SMILES string of the molecule is Cc1c(-c2cc3cc(NC(=O)N[C@H]4CCN(C)C[C@@H]4F)ncc3c(N)c2F)cnc2c1NCCO2. The number of rotatable bonds is 3. The quantitative estimate of drug-likeness (QED) is 0.422. The zero-order chi connectivity index (χ0) is 24.7. The van der Waals surface area contributed by atoms with Gasteiger partial charge in [0.15, 0.2) is 5.82 Å². The maximum atomic E-state index is 15.3. The van der Waals surface area contributed by atoms with Crippen molar-refractivity contribution in [1.82, 2.24) is 20.2 Å². The smallest absolute Gasteiger partial charge is 0.320 e. The van der Waals surface area contributed by atoms with Crippen LogP contribution in [0.5, 0.6) is 5.88 Å². The van der Waals surface area contributed by atoms with Crippen LogP contribution in [0.4, 0.5) is 30.8 Å². The first-order chi connectivity index (χ1) is 16.8. The van der Waals surface area contributed by atoms with Crippen LogP contribution >= 0.6 is 0 Å². The molecular weight excluding hydrogens is 456 g/mol. The van der Waals surface area contributed by atoms with Crippen molar-refractivity contribution in [3.05, 3.63) is 35.9 Å². The number of nitrogens with one attached hydrogen (secondary N) is 3. The summed E-state index contributed by atoms with van der Waals surface area (Å²) in [5.41, 5.74) is 8.45. The molecule has 0 radical (unpaired) electrons. The van der Waals surface area contributed by atoms with Crippen LogP contribution in [0.1, 0.15) is 12.0 Å². The lowest BCUT2D eigenvalue weighted by molar-refractivity contribution is 0.127. The normalized spacial score (nSPS) is 20.0. The number of nitrogens with two attached hydrogens (primary N) is 1. The summed E-state index contributed by atoms with van der Waals surface area (Å²) in [6.45, 7) is 3.97. The third kappa shape index (κ3) is 4.39.